The summed E-state index contributed by atoms with van der Waals surface area (Å²) in [4.78, 5) is 8.31. The summed E-state index contributed by atoms with van der Waals surface area (Å²) in [6.07, 6.45) is 3.43. The normalized spacial score (nSPS) is 10.3. The molecule has 7 heteroatoms. The molecule has 2 aromatic rings. The van der Waals surface area contributed by atoms with Gasteiger partial charge in [0.1, 0.15) is 23.6 Å². The number of hydrogen-bond acceptors (Lipinski definition) is 7. The number of nitrogens with one attached hydrogen (secondary N) is 1. The average molecular weight is 237 g/mol. The fourth-order valence-electron chi connectivity index (χ4n) is 1.13. The van der Waals surface area contributed by atoms with Crippen molar-refractivity contribution in [3.8, 4) is 0 Å². The molecule has 2 aromatic heterocycles. The zero-order valence-corrected chi connectivity index (χ0v) is 9.49. The SMILES string of the molecule is CSc1nc(N)cc(NCc2ccon2)n1. The monoisotopic (exact) mass is 237 g/mol. The summed E-state index contributed by atoms with van der Waals surface area (Å²) in [6, 6.07) is 3.47. The number of nitrogen functional groups attached to an aromatic ring is 1. The van der Waals surface area contributed by atoms with E-state index in [0.29, 0.717) is 23.3 Å². The van der Waals surface area contributed by atoms with Gasteiger partial charge in [0.15, 0.2) is 5.16 Å². The first kappa shape index (κ1) is 10.7. The lowest BCUT2D eigenvalue weighted by atomic mass is 10.4. The number of nitrogens with zero attached hydrogens (tertiary/aromatic N) is 3. The minimum atomic E-state index is 0.446. The molecule has 2 heterocycles. The minimum Gasteiger partial charge on any atom is -0.383 e. The van der Waals surface area contributed by atoms with E-state index in [1.807, 2.05) is 6.26 Å². The highest BCUT2D eigenvalue weighted by Crippen LogP contribution is 2.15. The third-order valence-corrected chi connectivity index (χ3v) is 2.40. The molecule has 0 radical (unpaired) electrons. The van der Waals surface area contributed by atoms with E-state index in [9.17, 15) is 0 Å². The van der Waals surface area contributed by atoms with Crippen LogP contribution in [-0.4, -0.2) is 21.4 Å². The fourth-order valence-corrected chi connectivity index (χ4v) is 1.52. The number of anilines is 2. The van der Waals surface area contributed by atoms with Crippen molar-refractivity contribution in [2.24, 2.45) is 0 Å². The van der Waals surface area contributed by atoms with Gasteiger partial charge in [-0.25, -0.2) is 9.97 Å². The summed E-state index contributed by atoms with van der Waals surface area (Å²) in [5.74, 6) is 1.13. The number of aromatic nitrogens is 3. The van der Waals surface area contributed by atoms with Crippen molar-refractivity contribution in [1.29, 1.82) is 0 Å². The predicted octanol–water partition coefficient (Wildman–Crippen LogP) is 1.38. The van der Waals surface area contributed by atoms with E-state index in [2.05, 4.69) is 20.4 Å². The van der Waals surface area contributed by atoms with Crippen LogP contribution in [0, 0.1) is 0 Å². The molecule has 0 atom stereocenters. The van der Waals surface area contributed by atoms with Crippen LogP contribution in [-0.2, 0) is 6.54 Å². The molecule has 0 unspecified atom stereocenters. The highest BCUT2D eigenvalue weighted by molar-refractivity contribution is 7.98. The van der Waals surface area contributed by atoms with E-state index >= 15 is 0 Å². The molecule has 0 aliphatic rings. The van der Waals surface area contributed by atoms with Crippen LogP contribution < -0.4 is 11.1 Å². The summed E-state index contributed by atoms with van der Waals surface area (Å²) in [5, 5.41) is 7.52. The highest BCUT2D eigenvalue weighted by atomic mass is 32.2. The van der Waals surface area contributed by atoms with Gasteiger partial charge < -0.3 is 15.6 Å². The Bertz CT molecular complexity index is 459. The highest BCUT2D eigenvalue weighted by Gasteiger charge is 2.02. The molecule has 84 valence electrons. The molecular formula is C9H11N5OS. The van der Waals surface area contributed by atoms with Gasteiger partial charge in [-0.3, -0.25) is 0 Å². The van der Waals surface area contributed by atoms with E-state index in [1.165, 1.54) is 18.0 Å². The molecule has 0 aromatic carbocycles. The number of rotatable bonds is 4. The Morgan fingerprint density at radius 1 is 1.50 bits per heavy atom. The van der Waals surface area contributed by atoms with E-state index < -0.39 is 0 Å². The van der Waals surface area contributed by atoms with E-state index in [-0.39, 0.29) is 0 Å². The molecule has 0 aliphatic heterocycles. The molecule has 0 saturated heterocycles. The maximum Gasteiger partial charge on any atom is 0.191 e. The van der Waals surface area contributed by atoms with Crippen molar-refractivity contribution in [2.75, 3.05) is 17.3 Å². The zero-order chi connectivity index (χ0) is 11.4. The van der Waals surface area contributed by atoms with Gasteiger partial charge >= 0.3 is 0 Å². The van der Waals surface area contributed by atoms with Crippen LogP contribution >= 0.6 is 11.8 Å². The Morgan fingerprint density at radius 3 is 3.06 bits per heavy atom. The summed E-state index contributed by atoms with van der Waals surface area (Å²) >= 11 is 1.44. The summed E-state index contributed by atoms with van der Waals surface area (Å²) in [6.45, 7) is 0.542. The second kappa shape index (κ2) is 4.84. The molecule has 0 amide bonds. The molecule has 3 N–H and O–H groups in total. The van der Waals surface area contributed by atoms with E-state index in [1.54, 1.807) is 12.1 Å². The Labute approximate surface area is 96.6 Å². The molecule has 0 spiro atoms. The molecule has 16 heavy (non-hydrogen) atoms. The fraction of sp³-hybridized carbons (Fsp3) is 0.222. The third-order valence-electron chi connectivity index (χ3n) is 1.85. The second-order valence-corrected chi connectivity index (χ2v) is 3.78. The van der Waals surface area contributed by atoms with E-state index in [0.717, 1.165) is 5.69 Å². The van der Waals surface area contributed by atoms with Crippen molar-refractivity contribution in [2.45, 2.75) is 11.7 Å². The summed E-state index contributed by atoms with van der Waals surface area (Å²) in [5.41, 5.74) is 6.45. The lowest BCUT2D eigenvalue weighted by Crippen LogP contribution is -2.04. The van der Waals surface area contributed by atoms with Crippen LogP contribution in [0.5, 0.6) is 0 Å². The Hall–Kier alpha value is -1.76. The second-order valence-electron chi connectivity index (χ2n) is 3.01. The van der Waals surface area contributed by atoms with Crippen LogP contribution in [0.1, 0.15) is 5.69 Å². The third kappa shape index (κ3) is 2.63. The lowest BCUT2D eigenvalue weighted by molar-refractivity contribution is 0.412. The van der Waals surface area contributed by atoms with Crippen LogP contribution in [0.2, 0.25) is 0 Å². The molecule has 6 nitrogen and oxygen atoms in total. The van der Waals surface area contributed by atoms with Crippen molar-refractivity contribution in [1.82, 2.24) is 15.1 Å². The number of nitrogens with two attached hydrogens (primary N) is 1. The predicted molar refractivity (Wildman–Crippen MR) is 62.1 cm³/mol. The van der Waals surface area contributed by atoms with Gasteiger partial charge in [0, 0.05) is 12.1 Å². The first-order chi connectivity index (χ1) is 7.78. The van der Waals surface area contributed by atoms with Gasteiger partial charge in [0.05, 0.1) is 6.54 Å². The summed E-state index contributed by atoms with van der Waals surface area (Å²) < 4.78 is 4.72. The largest absolute Gasteiger partial charge is 0.383 e. The van der Waals surface area contributed by atoms with E-state index in [4.69, 9.17) is 10.3 Å². The van der Waals surface area contributed by atoms with Gasteiger partial charge in [-0.2, -0.15) is 0 Å². The molecule has 0 aliphatic carbocycles. The van der Waals surface area contributed by atoms with Crippen LogP contribution in [0.15, 0.2) is 28.1 Å². The van der Waals surface area contributed by atoms with Crippen molar-refractivity contribution < 1.29 is 4.52 Å². The first-order valence-corrected chi connectivity index (χ1v) is 5.82. The van der Waals surface area contributed by atoms with Crippen molar-refractivity contribution >= 4 is 23.4 Å². The molecule has 0 fully saturated rings. The maximum atomic E-state index is 5.65. The summed E-state index contributed by atoms with van der Waals surface area (Å²) in [7, 11) is 0. The Kier molecular flexibility index (Phi) is 3.25. The van der Waals surface area contributed by atoms with Crippen molar-refractivity contribution in [3.63, 3.8) is 0 Å². The lowest BCUT2D eigenvalue weighted by Gasteiger charge is -2.05. The zero-order valence-electron chi connectivity index (χ0n) is 8.67. The maximum absolute atomic E-state index is 5.65. The van der Waals surface area contributed by atoms with Gasteiger partial charge in [0.2, 0.25) is 0 Å². The molecular weight excluding hydrogens is 226 g/mol. The average Bonchev–Trinajstić information content (AvgIpc) is 2.78. The van der Waals surface area contributed by atoms with Crippen LogP contribution in [0.25, 0.3) is 0 Å². The van der Waals surface area contributed by atoms with Gasteiger partial charge in [0.25, 0.3) is 0 Å². The van der Waals surface area contributed by atoms with Gasteiger partial charge in [-0.15, -0.1) is 0 Å². The molecule has 0 bridgehead atoms. The molecule has 2 rings (SSSR count). The van der Waals surface area contributed by atoms with Crippen LogP contribution in [0.4, 0.5) is 11.6 Å². The van der Waals surface area contributed by atoms with Gasteiger partial charge in [-0.1, -0.05) is 16.9 Å². The van der Waals surface area contributed by atoms with Crippen LogP contribution in [0.3, 0.4) is 0 Å². The quantitative estimate of drug-likeness (QED) is 0.613. The molecule has 0 saturated carbocycles. The topological polar surface area (TPSA) is 89.9 Å². The first-order valence-electron chi connectivity index (χ1n) is 4.59. The Morgan fingerprint density at radius 2 is 2.38 bits per heavy atom. The van der Waals surface area contributed by atoms with Crippen molar-refractivity contribution in [3.05, 3.63) is 24.1 Å². The number of thioether (sulfide) groups is 1. The van der Waals surface area contributed by atoms with Gasteiger partial charge in [-0.05, 0) is 6.26 Å². The Balaban J connectivity index is 2.06. The smallest absolute Gasteiger partial charge is 0.191 e. The number of hydrogen-bond donors (Lipinski definition) is 2. The standard InChI is InChI=1S/C9H11N5OS/c1-16-9-12-7(10)4-8(13-9)11-5-6-2-3-15-14-6/h2-4H,5H2,1H3,(H3,10,11,12,13). The minimum absolute atomic E-state index is 0.446.